The monoisotopic (exact) mass is 381 g/mol. The highest BCUT2D eigenvalue weighted by Crippen LogP contribution is 2.29. The van der Waals surface area contributed by atoms with Crippen LogP contribution in [0, 0.1) is 5.82 Å². The van der Waals surface area contributed by atoms with Gasteiger partial charge in [-0.15, -0.1) is 5.10 Å². The van der Waals surface area contributed by atoms with Crippen LogP contribution < -0.4 is 0 Å². The van der Waals surface area contributed by atoms with Crippen LogP contribution in [0.4, 0.5) is 4.39 Å². The number of alkyl halides is 1. The first-order valence-corrected chi connectivity index (χ1v) is 7.03. The number of aryl methyl sites for hydroxylation is 1. The number of rotatable bonds is 3. The highest BCUT2D eigenvalue weighted by Gasteiger charge is 2.12. The highest BCUT2D eigenvalue weighted by atomic mass is 79.9. The van der Waals surface area contributed by atoms with Gasteiger partial charge < -0.3 is 0 Å². The number of aromatic nitrogens is 3. The van der Waals surface area contributed by atoms with Gasteiger partial charge in [-0.25, -0.2) is 9.07 Å². The maximum Gasteiger partial charge on any atom is 0.125 e. The summed E-state index contributed by atoms with van der Waals surface area (Å²) < 4.78 is 15.2. The molecule has 0 saturated carbocycles. The smallest absolute Gasteiger partial charge is 0.125 e. The van der Waals surface area contributed by atoms with Gasteiger partial charge in [-0.1, -0.05) is 32.7 Å². The Labute approximate surface area is 119 Å². The summed E-state index contributed by atoms with van der Waals surface area (Å²) in [7, 11) is 0. The van der Waals surface area contributed by atoms with Crippen LogP contribution in [0.15, 0.2) is 22.8 Å². The summed E-state index contributed by atoms with van der Waals surface area (Å²) in [6.45, 7) is 0. The largest absolute Gasteiger partial charge is 0.218 e. The van der Waals surface area contributed by atoms with E-state index < -0.39 is 5.82 Å². The zero-order valence-electron chi connectivity index (χ0n) is 8.50. The Morgan fingerprint density at radius 2 is 2.18 bits per heavy atom. The fraction of sp³-hybridized carbons (Fsp3) is 0.200. The molecule has 0 aliphatic rings. The van der Waals surface area contributed by atoms with Gasteiger partial charge >= 0.3 is 0 Å². The summed E-state index contributed by atoms with van der Waals surface area (Å²) >= 11 is 12.6. The molecular formula is C10H7Br2ClFN3. The minimum atomic E-state index is -0.397. The molecule has 0 bridgehead atoms. The van der Waals surface area contributed by atoms with Gasteiger partial charge in [-0.3, -0.25) is 0 Å². The van der Waals surface area contributed by atoms with E-state index in [2.05, 4.69) is 42.2 Å². The summed E-state index contributed by atoms with van der Waals surface area (Å²) in [6, 6.07) is 2.58. The van der Waals surface area contributed by atoms with Crippen molar-refractivity contribution in [3.63, 3.8) is 0 Å². The first kappa shape index (κ1) is 13.0. The van der Waals surface area contributed by atoms with Gasteiger partial charge in [0.05, 0.1) is 22.6 Å². The van der Waals surface area contributed by atoms with E-state index in [1.807, 2.05) is 0 Å². The topological polar surface area (TPSA) is 30.7 Å². The van der Waals surface area contributed by atoms with Crippen molar-refractivity contribution in [2.45, 2.75) is 6.42 Å². The molecule has 0 atom stereocenters. The van der Waals surface area contributed by atoms with E-state index in [1.54, 1.807) is 6.20 Å². The van der Waals surface area contributed by atoms with Crippen molar-refractivity contribution in [2.75, 3.05) is 5.33 Å². The Balaban J connectivity index is 2.45. The average Bonchev–Trinajstić information content (AvgIpc) is 2.65. The quantitative estimate of drug-likeness (QED) is 0.756. The summed E-state index contributed by atoms with van der Waals surface area (Å²) in [6.07, 6.45) is 2.54. The normalized spacial score (nSPS) is 10.8. The van der Waals surface area contributed by atoms with Crippen molar-refractivity contribution in [3.05, 3.63) is 39.3 Å². The summed E-state index contributed by atoms with van der Waals surface area (Å²) in [5.74, 6) is -0.397. The van der Waals surface area contributed by atoms with Gasteiger partial charge in [0, 0.05) is 16.2 Å². The van der Waals surface area contributed by atoms with Crippen molar-refractivity contribution in [1.82, 2.24) is 15.0 Å². The van der Waals surface area contributed by atoms with Crippen LogP contribution in [-0.4, -0.2) is 20.3 Å². The molecule has 0 spiro atoms. The number of hydrogen-bond acceptors (Lipinski definition) is 2. The molecule has 0 aliphatic heterocycles. The van der Waals surface area contributed by atoms with Gasteiger partial charge in [0.2, 0.25) is 0 Å². The molecular weight excluding hydrogens is 376 g/mol. The van der Waals surface area contributed by atoms with Crippen LogP contribution in [0.3, 0.4) is 0 Å². The van der Waals surface area contributed by atoms with Gasteiger partial charge in [0.1, 0.15) is 5.82 Å². The van der Waals surface area contributed by atoms with E-state index in [1.165, 1.54) is 16.8 Å². The zero-order chi connectivity index (χ0) is 12.4. The van der Waals surface area contributed by atoms with Crippen LogP contribution in [0.1, 0.15) is 5.69 Å². The Hall–Kier alpha value is -0.460. The number of halogens is 4. The molecule has 0 N–H and O–H groups in total. The Morgan fingerprint density at radius 3 is 2.82 bits per heavy atom. The Bertz CT molecular complexity index is 521. The third-order valence-electron chi connectivity index (χ3n) is 2.10. The molecule has 2 aromatic rings. The van der Waals surface area contributed by atoms with Gasteiger partial charge in [-0.2, -0.15) is 0 Å². The zero-order valence-corrected chi connectivity index (χ0v) is 12.4. The number of nitrogens with zero attached hydrogens (tertiary/aromatic N) is 3. The second-order valence-corrected chi connectivity index (χ2v) is 5.37. The fourth-order valence-corrected chi connectivity index (χ4v) is 2.80. The minimum absolute atomic E-state index is 0.284. The molecule has 0 fully saturated rings. The summed E-state index contributed by atoms with van der Waals surface area (Å²) in [5.41, 5.74) is 1.43. The van der Waals surface area contributed by atoms with E-state index >= 15 is 0 Å². The van der Waals surface area contributed by atoms with Crippen LogP contribution in [-0.2, 0) is 6.42 Å². The van der Waals surface area contributed by atoms with Crippen LogP contribution >= 0.6 is 43.5 Å². The lowest BCUT2D eigenvalue weighted by Crippen LogP contribution is -1.98. The summed E-state index contributed by atoms with van der Waals surface area (Å²) in [4.78, 5) is 0. The van der Waals surface area contributed by atoms with Crippen LogP contribution in [0.25, 0.3) is 5.69 Å². The van der Waals surface area contributed by atoms with Crippen molar-refractivity contribution >= 4 is 43.5 Å². The second kappa shape index (κ2) is 5.46. The molecule has 1 heterocycles. The molecule has 1 aromatic heterocycles. The number of hydrogen-bond donors (Lipinski definition) is 0. The van der Waals surface area contributed by atoms with Crippen LogP contribution in [0.5, 0.6) is 0 Å². The first-order chi connectivity index (χ1) is 8.11. The Morgan fingerprint density at radius 1 is 1.41 bits per heavy atom. The minimum Gasteiger partial charge on any atom is -0.218 e. The van der Waals surface area contributed by atoms with Crippen molar-refractivity contribution in [3.8, 4) is 5.69 Å². The van der Waals surface area contributed by atoms with E-state index in [4.69, 9.17) is 11.6 Å². The fourth-order valence-electron chi connectivity index (χ4n) is 1.37. The van der Waals surface area contributed by atoms with E-state index in [9.17, 15) is 4.39 Å². The van der Waals surface area contributed by atoms with E-state index in [0.29, 0.717) is 10.2 Å². The molecule has 0 unspecified atom stereocenters. The number of benzene rings is 1. The Kier molecular flexibility index (Phi) is 4.17. The first-order valence-electron chi connectivity index (χ1n) is 4.74. The molecule has 0 aliphatic carbocycles. The lowest BCUT2D eigenvalue weighted by atomic mass is 10.3. The van der Waals surface area contributed by atoms with Crippen molar-refractivity contribution < 1.29 is 4.39 Å². The van der Waals surface area contributed by atoms with E-state index in [0.717, 1.165) is 17.4 Å². The van der Waals surface area contributed by atoms with Gasteiger partial charge in [0.25, 0.3) is 0 Å². The SMILES string of the molecule is Fc1cc(Cl)c(-n2cc(CCBr)nn2)c(Br)c1. The lowest BCUT2D eigenvalue weighted by Gasteiger charge is -2.06. The molecule has 0 amide bonds. The predicted octanol–water partition coefficient (Wildman–Crippen LogP) is 3.76. The predicted molar refractivity (Wildman–Crippen MR) is 71.5 cm³/mol. The molecule has 0 saturated heterocycles. The average molecular weight is 383 g/mol. The van der Waals surface area contributed by atoms with Gasteiger partial charge in [0.15, 0.2) is 0 Å². The van der Waals surface area contributed by atoms with Crippen LogP contribution in [0.2, 0.25) is 5.02 Å². The maximum absolute atomic E-state index is 13.1. The highest BCUT2D eigenvalue weighted by molar-refractivity contribution is 9.10. The molecule has 0 radical (unpaired) electrons. The molecule has 90 valence electrons. The standard InChI is InChI=1S/C10H7Br2ClFN3/c11-2-1-7-5-17(16-15-7)10-8(12)3-6(14)4-9(10)13/h3-5H,1-2H2. The van der Waals surface area contributed by atoms with E-state index in [-0.39, 0.29) is 5.02 Å². The van der Waals surface area contributed by atoms with Crippen molar-refractivity contribution in [2.24, 2.45) is 0 Å². The molecule has 7 heteroatoms. The maximum atomic E-state index is 13.1. The lowest BCUT2D eigenvalue weighted by molar-refractivity contribution is 0.625. The molecule has 1 aromatic carbocycles. The third-order valence-corrected chi connectivity index (χ3v) is 3.39. The molecule has 17 heavy (non-hydrogen) atoms. The second-order valence-electron chi connectivity index (χ2n) is 3.31. The molecule has 2 rings (SSSR count). The van der Waals surface area contributed by atoms with Crippen molar-refractivity contribution in [1.29, 1.82) is 0 Å². The third kappa shape index (κ3) is 2.86. The summed E-state index contributed by atoms with van der Waals surface area (Å²) in [5, 5.41) is 9.06. The van der Waals surface area contributed by atoms with Gasteiger partial charge in [-0.05, 0) is 28.1 Å². The molecule has 3 nitrogen and oxygen atoms in total.